The highest BCUT2D eigenvalue weighted by Gasteiger charge is 2.25. The molecule has 1 saturated heterocycles. The van der Waals surface area contributed by atoms with Crippen LogP contribution in [0.4, 0.5) is 10.1 Å². The van der Waals surface area contributed by atoms with E-state index in [1.807, 2.05) is 6.20 Å². The van der Waals surface area contributed by atoms with Crippen LogP contribution in [-0.2, 0) is 10.0 Å². The number of para-hydroxylation sites is 1. The van der Waals surface area contributed by atoms with E-state index in [4.69, 9.17) is 0 Å². The number of likely N-dealkylation sites (tertiary alicyclic amines) is 1. The van der Waals surface area contributed by atoms with Gasteiger partial charge in [-0.1, -0.05) is 12.1 Å². The van der Waals surface area contributed by atoms with E-state index in [0.29, 0.717) is 24.7 Å². The first-order chi connectivity index (χ1) is 14.4. The number of halogens is 1. The van der Waals surface area contributed by atoms with Gasteiger partial charge in [-0.25, -0.2) is 17.8 Å². The van der Waals surface area contributed by atoms with Crippen LogP contribution in [0.25, 0.3) is 0 Å². The van der Waals surface area contributed by atoms with Gasteiger partial charge in [0.05, 0.1) is 16.9 Å². The van der Waals surface area contributed by atoms with Crippen molar-refractivity contribution in [2.24, 2.45) is 0 Å². The summed E-state index contributed by atoms with van der Waals surface area (Å²) in [4.78, 5) is 18.6. The number of carbonyl (C=O) groups is 1. The molecule has 1 aromatic heterocycles. The Morgan fingerprint density at radius 1 is 1.07 bits per heavy atom. The minimum absolute atomic E-state index is 0.0406. The molecule has 156 valence electrons. The molecular formula is C21H21FN4O3S. The van der Waals surface area contributed by atoms with Gasteiger partial charge in [0.1, 0.15) is 5.82 Å². The van der Waals surface area contributed by atoms with E-state index >= 15 is 0 Å². The Morgan fingerprint density at radius 3 is 2.40 bits per heavy atom. The zero-order valence-electron chi connectivity index (χ0n) is 16.1. The van der Waals surface area contributed by atoms with Crippen LogP contribution < -0.4 is 4.72 Å². The second kappa shape index (κ2) is 8.27. The van der Waals surface area contributed by atoms with Crippen LogP contribution >= 0.6 is 0 Å². The molecule has 30 heavy (non-hydrogen) atoms. The maximum absolute atomic E-state index is 13.7. The molecule has 0 atom stereocenters. The smallest absolute Gasteiger partial charge is 0.261 e. The number of sulfonamides is 1. The average Bonchev–Trinajstić information content (AvgIpc) is 3.30. The van der Waals surface area contributed by atoms with Gasteiger partial charge in [-0.15, -0.1) is 0 Å². The molecule has 0 bridgehead atoms. The fourth-order valence-corrected chi connectivity index (χ4v) is 4.63. The number of anilines is 1. The monoisotopic (exact) mass is 428 g/mol. The molecule has 1 aliphatic rings. The number of piperidine rings is 1. The fraction of sp³-hybridized carbons (Fsp3) is 0.238. The van der Waals surface area contributed by atoms with Gasteiger partial charge in [-0.3, -0.25) is 9.52 Å². The molecule has 0 spiro atoms. The molecule has 7 nitrogen and oxygen atoms in total. The largest absolute Gasteiger partial charge is 0.338 e. The molecule has 0 unspecified atom stereocenters. The first-order valence-corrected chi connectivity index (χ1v) is 11.1. The molecular weight excluding hydrogens is 407 g/mol. The lowest BCUT2D eigenvalue weighted by atomic mass is 10.0. The van der Waals surface area contributed by atoms with Crippen molar-refractivity contribution in [1.82, 2.24) is 14.5 Å². The van der Waals surface area contributed by atoms with Crippen molar-refractivity contribution in [2.45, 2.75) is 23.8 Å². The van der Waals surface area contributed by atoms with Gasteiger partial charge >= 0.3 is 0 Å². The van der Waals surface area contributed by atoms with Gasteiger partial charge in [0.2, 0.25) is 0 Å². The number of nitrogens with one attached hydrogen (secondary N) is 1. The van der Waals surface area contributed by atoms with Gasteiger partial charge in [-0.05, 0) is 49.2 Å². The van der Waals surface area contributed by atoms with Crippen LogP contribution in [0.3, 0.4) is 0 Å². The van der Waals surface area contributed by atoms with Crippen molar-refractivity contribution in [3.63, 3.8) is 0 Å². The molecule has 1 fully saturated rings. The van der Waals surface area contributed by atoms with Crippen molar-refractivity contribution >= 4 is 21.6 Å². The molecule has 1 aliphatic heterocycles. The van der Waals surface area contributed by atoms with Crippen molar-refractivity contribution < 1.29 is 17.6 Å². The van der Waals surface area contributed by atoms with E-state index in [-0.39, 0.29) is 16.5 Å². The van der Waals surface area contributed by atoms with Crippen molar-refractivity contribution in [3.8, 4) is 0 Å². The minimum atomic E-state index is -3.96. The zero-order valence-corrected chi connectivity index (χ0v) is 16.9. The molecule has 9 heteroatoms. The number of hydrogen-bond donors (Lipinski definition) is 1. The lowest BCUT2D eigenvalue weighted by Gasteiger charge is -2.32. The molecule has 0 saturated carbocycles. The molecule has 3 aromatic rings. The minimum Gasteiger partial charge on any atom is -0.338 e. The predicted molar refractivity (Wildman–Crippen MR) is 110 cm³/mol. The Bertz CT molecular complexity index is 1120. The second-order valence-electron chi connectivity index (χ2n) is 7.14. The first kappa shape index (κ1) is 20.1. The van der Waals surface area contributed by atoms with Crippen molar-refractivity contribution in [2.75, 3.05) is 17.8 Å². The molecule has 1 N–H and O–H groups in total. The summed E-state index contributed by atoms with van der Waals surface area (Å²) < 4.78 is 43.0. The standard InChI is InChI=1S/C21H21FN4O3S/c22-19-3-1-2-4-20(19)24-30(28,29)18-7-5-16(6-8-18)21(27)25-12-9-17(10-13-25)26-14-11-23-15-26/h1-8,11,14-15,17,24H,9-10,12-13H2. The Hall–Kier alpha value is -3.20. The first-order valence-electron chi connectivity index (χ1n) is 9.58. The van der Waals surface area contributed by atoms with Gasteiger partial charge in [0.15, 0.2) is 0 Å². The predicted octanol–water partition coefficient (Wildman–Crippen LogP) is 3.30. The van der Waals surface area contributed by atoms with Crippen molar-refractivity contribution in [3.05, 3.63) is 78.6 Å². The summed E-state index contributed by atoms with van der Waals surface area (Å²) in [6.07, 6.45) is 7.13. The SMILES string of the molecule is O=C(c1ccc(S(=O)(=O)Nc2ccccc2F)cc1)N1CCC(n2ccnc2)CC1. The zero-order chi connectivity index (χ0) is 21.1. The lowest BCUT2D eigenvalue weighted by Crippen LogP contribution is -2.38. The van der Waals surface area contributed by atoms with E-state index < -0.39 is 15.8 Å². The molecule has 0 radical (unpaired) electrons. The molecule has 1 amide bonds. The summed E-state index contributed by atoms with van der Waals surface area (Å²) in [5.74, 6) is -0.794. The molecule has 0 aliphatic carbocycles. The van der Waals surface area contributed by atoms with Crippen LogP contribution in [0.1, 0.15) is 29.2 Å². The number of rotatable bonds is 5. The summed E-state index contributed by atoms with van der Waals surface area (Å²) in [6, 6.07) is 11.6. The molecule has 2 heterocycles. The lowest BCUT2D eigenvalue weighted by molar-refractivity contribution is 0.0694. The van der Waals surface area contributed by atoms with E-state index in [0.717, 1.165) is 12.8 Å². The second-order valence-corrected chi connectivity index (χ2v) is 8.83. The Labute approximate surface area is 174 Å². The highest BCUT2D eigenvalue weighted by Crippen LogP contribution is 2.24. The van der Waals surface area contributed by atoms with Crippen LogP contribution in [-0.4, -0.2) is 41.9 Å². The maximum Gasteiger partial charge on any atom is 0.261 e. The third-order valence-electron chi connectivity index (χ3n) is 5.23. The molecule has 2 aromatic carbocycles. The van der Waals surface area contributed by atoms with Gasteiger partial charge in [0, 0.05) is 37.1 Å². The number of amides is 1. The van der Waals surface area contributed by atoms with E-state index in [2.05, 4.69) is 14.3 Å². The molecule has 4 rings (SSSR count). The Balaban J connectivity index is 1.42. The Morgan fingerprint density at radius 2 is 1.77 bits per heavy atom. The topological polar surface area (TPSA) is 84.3 Å². The highest BCUT2D eigenvalue weighted by atomic mass is 32.2. The highest BCUT2D eigenvalue weighted by molar-refractivity contribution is 7.92. The third kappa shape index (κ3) is 4.20. The van der Waals surface area contributed by atoms with Gasteiger partial charge in [0.25, 0.3) is 15.9 Å². The van der Waals surface area contributed by atoms with E-state index in [1.165, 1.54) is 42.5 Å². The van der Waals surface area contributed by atoms with Gasteiger partial charge < -0.3 is 9.47 Å². The maximum atomic E-state index is 13.7. The number of imidazole rings is 1. The number of nitrogens with zero attached hydrogens (tertiary/aromatic N) is 3. The third-order valence-corrected chi connectivity index (χ3v) is 6.61. The number of hydrogen-bond acceptors (Lipinski definition) is 4. The summed E-state index contributed by atoms with van der Waals surface area (Å²) in [6.45, 7) is 1.24. The van der Waals surface area contributed by atoms with Crippen LogP contribution in [0.15, 0.2) is 72.1 Å². The fourth-order valence-electron chi connectivity index (χ4n) is 3.56. The van der Waals surface area contributed by atoms with E-state index in [1.54, 1.807) is 23.5 Å². The van der Waals surface area contributed by atoms with Crippen LogP contribution in [0, 0.1) is 5.82 Å². The van der Waals surface area contributed by atoms with Crippen LogP contribution in [0.5, 0.6) is 0 Å². The van der Waals surface area contributed by atoms with E-state index in [9.17, 15) is 17.6 Å². The number of aromatic nitrogens is 2. The summed E-state index contributed by atoms with van der Waals surface area (Å²) >= 11 is 0. The summed E-state index contributed by atoms with van der Waals surface area (Å²) in [5.41, 5.74) is 0.291. The summed E-state index contributed by atoms with van der Waals surface area (Å²) in [5, 5.41) is 0. The normalized spacial score (nSPS) is 15.2. The average molecular weight is 428 g/mol. The number of carbonyl (C=O) groups excluding carboxylic acids is 1. The quantitative estimate of drug-likeness (QED) is 0.676. The van der Waals surface area contributed by atoms with Gasteiger partial charge in [-0.2, -0.15) is 0 Å². The van der Waals surface area contributed by atoms with Crippen molar-refractivity contribution in [1.29, 1.82) is 0 Å². The Kier molecular flexibility index (Phi) is 5.54. The number of benzene rings is 2. The summed E-state index contributed by atoms with van der Waals surface area (Å²) in [7, 11) is -3.96. The van der Waals surface area contributed by atoms with Crippen LogP contribution in [0.2, 0.25) is 0 Å².